The fourth-order valence-electron chi connectivity index (χ4n) is 2.60. The Kier molecular flexibility index (Phi) is 4.53. The van der Waals surface area contributed by atoms with Gasteiger partial charge >= 0.3 is 5.69 Å². The first kappa shape index (κ1) is 17.3. The summed E-state index contributed by atoms with van der Waals surface area (Å²) in [6, 6.07) is 6.79. The lowest BCUT2D eigenvalue weighted by atomic mass is 10.3. The van der Waals surface area contributed by atoms with Crippen LogP contribution in [-0.4, -0.2) is 27.1 Å². The number of carbonyl (C=O) groups excluding carboxylic acids is 1. The van der Waals surface area contributed by atoms with Crippen molar-refractivity contribution in [2.45, 2.75) is 6.54 Å². The average molecular weight is 358 g/mol. The Bertz CT molecular complexity index is 1120. The van der Waals surface area contributed by atoms with E-state index in [0.717, 1.165) is 15.2 Å². The first-order valence-corrected chi connectivity index (χ1v) is 7.60. The largest absolute Gasteiger partial charge is 0.496 e. The molecule has 3 rings (SSSR count). The molecule has 0 spiro atoms. The van der Waals surface area contributed by atoms with Gasteiger partial charge in [0.15, 0.2) is 5.65 Å². The Morgan fingerprint density at radius 1 is 1.31 bits per heavy atom. The zero-order valence-electron chi connectivity index (χ0n) is 14.0. The number of anilines is 1. The molecule has 0 aliphatic rings. The van der Waals surface area contributed by atoms with Gasteiger partial charge in [-0.25, -0.2) is 18.7 Å². The number of pyridine rings is 1. The molecular formula is C17H15FN4O4. The summed E-state index contributed by atoms with van der Waals surface area (Å²) >= 11 is 0. The number of hydrogen-bond donors (Lipinski definition) is 1. The molecule has 0 atom stereocenters. The van der Waals surface area contributed by atoms with Gasteiger partial charge in [0.1, 0.15) is 23.5 Å². The predicted molar refractivity (Wildman–Crippen MR) is 92.8 cm³/mol. The number of halogens is 1. The molecule has 0 aliphatic carbocycles. The summed E-state index contributed by atoms with van der Waals surface area (Å²) in [6.07, 6.45) is 1.42. The van der Waals surface area contributed by atoms with Crippen LogP contribution in [0.5, 0.6) is 5.75 Å². The molecule has 1 aromatic carbocycles. The fraction of sp³-hybridized carbons (Fsp3) is 0.176. The Morgan fingerprint density at radius 3 is 2.77 bits per heavy atom. The van der Waals surface area contributed by atoms with E-state index < -0.39 is 29.5 Å². The highest BCUT2D eigenvalue weighted by atomic mass is 19.1. The van der Waals surface area contributed by atoms with Crippen molar-refractivity contribution in [1.82, 2.24) is 14.1 Å². The third kappa shape index (κ3) is 3.06. The van der Waals surface area contributed by atoms with Crippen molar-refractivity contribution in [3.05, 3.63) is 63.2 Å². The molecule has 0 saturated heterocycles. The zero-order chi connectivity index (χ0) is 18.8. The second-order valence-electron chi connectivity index (χ2n) is 5.50. The van der Waals surface area contributed by atoms with Crippen LogP contribution in [-0.2, 0) is 18.4 Å². The van der Waals surface area contributed by atoms with E-state index in [-0.39, 0.29) is 22.5 Å². The highest BCUT2D eigenvalue weighted by molar-refractivity contribution is 5.90. The van der Waals surface area contributed by atoms with Crippen LogP contribution in [0.2, 0.25) is 0 Å². The van der Waals surface area contributed by atoms with Crippen LogP contribution < -0.4 is 21.3 Å². The third-order valence-electron chi connectivity index (χ3n) is 3.82. The molecule has 0 bridgehead atoms. The number of amides is 1. The maximum Gasteiger partial charge on any atom is 0.332 e. The molecular weight excluding hydrogens is 343 g/mol. The van der Waals surface area contributed by atoms with E-state index in [1.54, 1.807) is 0 Å². The van der Waals surface area contributed by atoms with E-state index in [9.17, 15) is 18.8 Å². The average Bonchev–Trinajstić information content (AvgIpc) is 2.62. The van der Waals surface area contributed by atoms with E-state index in [4.69, 9.17) is 4.74 Å². The number of nitrogens with zero attached hydrogens (tertiary/aromatic N) is 3. The minimum Gasteiger partial charge on any atom is -0.496 e. The Morgan fingerprint density at radius 2 is 2.08 bits per heavy atom. The summed E-state index contributed by atoms with van der Waals surface area (Å²) < 4.78 is 20.3. The third-order valence-corrected chi connectivity index (χ3v) is 3.82. The maximum absolute atomic E-state index is 13.2. The number of carbonyl (C=O) groups is 1. The molecule has 2 aromatic heterocycles. The van der Waals surface area contributed by atoms with Gasteiger partial charge in [-0.15, -0.1) is 0 Å². The van der Waals surface area contributed by atoms with Gasteiger partial charge in [-0.1, -0.05) is 6.07 Å². The van der Waals surface area contributed by atoms with Crippen molar-refractivity contribution >= 4 is 22.6 Å². The fourth-order valence-corrected chi connectivity index (χ4v) is 2.60. The van der Waals surface area contributed by atoms with Gasteiger partial charge in [-0.3, -0.25) is 14.2 Å². The van der Waals surface area contributed by atoms with E-state index in [1.807, 2.05) is 0 Å². The number of methoxy groups -OCH3 is 1. The number of rotatable bonds is 4. The summed E-state index contributed by atoms with van der Waals surface area (Å²) in [5, 5.41) is 2.54. The molecule has 2 heterocycles. The number of aryl methyl sites for hydroxylation is 1. The standard InChI is InChI=1S/C17H15FN4O4/c1-21-15-14(12(26-2)6-7-19-15)16(24)22(17(21)25)9-13(23)20-11-5-3-4-10(18)8-11/h3-8H,9H2,1-2H3,(H,20,23). The van der Waals surface area contributed by atoms with Crippen LogP contribution in [0.3, 0.4) is 0 Å². The topological polar surface area (TPSA) is 95.2 Å². The smallest absolute Gasteiger partial charge is 0.332 e. The monoisotopic (exact) mass is 358 g/mol. The van der Waals surface area contributed by atoms with Crippen LogP contribution in [0, 0.1) is 5.82 Å². The number of benzene rings is 1. The van der Waals surface area contributed by atoms with Gasteiger partial charge in [0.25, 0.3) is 5.56 Å². The Balaban J connectivity index is 2.04. The zero-order valence-corrected chi connectivity index (χ0v) is 14.0. The second kappa shape index (κ2) is 6.79. The van der Waals surface area contributed by atoms with Crippen molar-refractivity contribution in [2.75, 3.05) is 12.4 Å². The van der Waals surface area contributed by atoms with Gasteiger partial charge in [0.2, 0.25) is 5.91 Å². The van der Waals surface area contributed by atoms with Gasteiger partial charge in [-0.2, -0.15) is 0 Å². The first-order chi connectivity index (χ1) is 12.4. The summed E-state index contributed by atoms with van der Waals surface area (Å²) in [7, 11) is 2.83. The number of hydrogen-bond acceptors (Lipinski definition) is 5. The lowest BCUT2D eigenvalue weighted by Gasteiger charge is -2.12. The van der Waals surface area contributed by atoms with Crippen molar-refractivity contribution in [3.63, 3.8) is 0 Å². The predicted octanol–water partition coefficient (Wildman–Crippen LogP) is 0.882. The summed E-state index contributed by atoms with van der Waals surface area (Å²) in [6.45, 7) is -0.532. The SMILES string of the molecule is COc1ccnc2c1c(=O)n(CC(=O)Nc1cccc(F)c1)c(=O)n2C. The molecule has 26 heavy (non-hydrogen) atoms. The molecule has 0 unspecified atom stereocenters. The minimum absolute atomic E-state index is 0.0932. The molecule has 0 aliphatic heterocycles. The minimum atomic E-state index is -0.697. The number of ether oxygens (including phenoxy) is 1. The van der Waals surface area contributed by atoms with Crippen molar-refractivity contribution in [3.8, 4) is 5.75 Å². The highest BCUT2D eigenvalue weighted by Gasteiger charge is 2.17. The van der Waals surface area contributed by atoms with E-state index in [2.05, 4.69) is 10.3 Å². The van der Waals surface area contributed by atoms with Crippen LogP contribution in [0.4, 0.5) is 10.1 Å². The normalized spacial score (nSPS) is 10.7. The lowest BCUT2D eigenvalue weighted by molar-refractivity contribution is -0.116. The number of nitrogens with one attached hydrogen (secondary N) is 1. The lowest BCUT2D eigenvalue weighted by Crippen LogP contribution is -2.42. The van der Waals surface area contributed by atoms with E-state index in [1.165, 1.54) is 44.6 Å². The summed E-state index contributed by atoms with van der Waals surface area (Å²) in [4.78, 5) is 41.4. The maximum atomic E-state index is 13.2. The van der Waals surface area contributed by atoms with Crippen molar-refractivity contribution in [2.24, 2.45) is 7.05 Å². The summed E-state index contributed by atoms with van der Waals surface area (Å²) in [5.74, 6) is -0.913. The van der Waals surface area contributed by atoms with Gasteiger partial charge in [-0.05, 0) is 24.3 Å². The van der Waals surface area contributed by atoms with Gasteiger partial charge in [0, 0.05) is 18.9 Å². The molecule has 1 N–H and O–H groups in total. The Labute approximate surface area is 146 Å². The van der Waals surface area contributed by atoms with Gasteiger partial charge < -0.3 is 10.1 Å². The Hall–Kier alpha value is -3.49. The number of aromatic nitrogens is 3. The quantitative estimate of drug-likeness (QED) is 0.747. The summed E-state index contributed by atoms with van der Waals surface area (Å²) in [5.41, 5.74) is -1.01. The van der Waals surface area contributed by atoms with Crippen LogP contribution >= 0.6 is 0 Å². The molecule has 8 nitrogen and oxygen atoms in total. The van der Waals surface area contributed by atoms with Crippen LogP contribution in [0.1, 0.15) is 0 Å². The first-order valence-electron chi connectivity index (χ1n) is 7.60. The van der Waals surface area contributed by atoms with Gasteiger partial charge in [0.05, 0.1) is 7.11 Å². The molecule has 9 heteroatoms. The highest BCUT2D eigenvalue weighted by Crippen LogP contribution is 2.18. The van der Waals surface area contributed by atoms with E-state index >= 15 is 0 Å². The molecule has 0 saturated carbocycles. The molecule has 3 aromatic rings. The van der Waals surface area contributed by atoms with Crippen molar-refractivity contribution < 1.29 is 13.9 Å². The van der Waals surface area contributed by atoms with Crippen LogP contribution in [0.15, 0.2) is 46.1 Å². The molecule has 1 amide bonds. The molecule has 134 valence electrons. The molecule has 0 fully saturated rings. The number of fused-ring (bicyclic) bond motifs is 1. The second-order valence-corrected chi connectivity index (χ2v) is 5.50. The van der Waals surface area contributed by atoms with E-state index in [0.29, 0.717) is 0 Å². The van der Waals surface area contributed by atoms with Crippen molar-refractivity contribution in [1.29, 1.82) is 0 Å². The molecule has 0 radical (unpaired) electrons. The van der Waals surface area contributed by atoms with Crippen LogP contribution in [0.25, 0.3) is 11.0 Å².